The van der Waals surface area contributed by atoms with Gasteiger partial charge in [0.2, 0.25) is 0 Å². The number of hydrogen-bond acceptors (Lipinski definition) is 9. The Morgan fingerprint density at radius 3 is 2.67 bits per heavy atom. The minimum Gasteiger partial charge on any atom is -0.487 e. The van der Waals surface area contributed by atoms with Crippen LogP contribution in [0.15, 0.2) is 47.9 Å². The van der Waals surface area contributed by atoms with Crippen molar-refractivity contribution in [1.29, 1.82) is 0 Å². The van der Waals surface area contributed by atoms with E-state index in [0.29, 0.717) is 40.0 Å². The molecule has 2 heterocycles. The van der Waals surface area contributed by atoms with Gasteiger partial charge in [-0.25, -0.2) is 18.7 Å². The van der Waals surface area contributed by atoms with Crippen LogP contribution in [0.4, 0.5) is 26.1 Å². The van der Waals surface area contributed by atoms with Gasteiger partial charge in [-0.3, -0.25) is 4.90 Å². The number of hydrogen-bond donors (Lipinski definition) is 2. The first kappa shape index (κ1) is 25.5. The lowest BCUT2D eigenvalue weighted by Gasteiger charge is -2.25. The summed E-state index contributed by atoms with van der Waals surface area (Å²) >= 11 is 6.35. The average molecular weight is 519 g/mol. The summed E-state index contributed by atoms with van der Waals surface area (Å²) in [6, 6.07) is 8.16. The molecule has 12 heteroatoms. The van der Waals surface area contributed by atoms with Crippen LogP contribution in [-0.2, 0) is 16.2 Å². The van der Waals surface area contributed by atoms with E-state index < -0.39 is 11.6 Å². The second kappa shape index (κ2) is 12.4. The Kier molecular flexibility index (Phi) is 8.82. The highest BCUT2D eigenvalue weighted by Crippen LogP contribution is 2.30. The first-order valence-electron chi connectivity index (χ1n) is 11.2. The number of nitrogen functional groups attached to an aromatic ring is 1. The van der Waals surface area contributed by atoms with Crippen molar-refractivity contribution < 1.29 is 23.1 Å². The van der Waals surface area contributed by atoms with Crippen LogP contribution in [0.25, 0.3) is 0 Å². The molecule has 0 saturated carbocycles. The maximum Gasteiger partial charge on any atom is 0.144 e. The number of nitrogens with one attached hydrogen (secondary N) is 1. The van der Waals surface area contributed by atoms with Crippen LogP contribution in [-0.4, -0.2) is 60.5 Å². The molecule has 0 amide bonds. The van der Waals surface area contributed by atoms with Crippen LogP contribution < -0.4 is 15.8 Å². The quantitative estimate of drug-likeness (QED) is 0.236. The highest BCUT2D eigenvalue weighted by atomic mass is 35.5. The summed E-state index contributed by atoms with van der Waals surface area (Å²) in [6.45, 7) is 4.31. The molecule has 2 aromatic carbocycles. The highest BCUT2D eigenvalue weighted by Gasteiger charge is 2.12. The summed E-state index contributed by atoms with van der Waals surface area (Å²) in [5.41, 5.74) is 7.42. The number of aromatic nitrogens is 2. The van der Waals surface area contributed by atoms with Crippen molar-refractivity contribution in [3.8, 4) is 5.75 Å². The Morgan fingerprint density at radius 2 is 1.92 bits per heavy atom. The Labute approximate surface area is 211 Å². The fraction of sp³-hybridized carbons (Fsp3) is 0.292. The van der Waals surface area contributed by atoms with Gasteiger partial charge in [0.1, 0.15) is 48.6 Å². The van der Waals surface area contributed by atoms with Crippen molar-refractivity contribution in [2.75, 3.05) is 50.5 Å². The van der Waals surface area contributed by atoms with E-state index in [2.05, 4.69) is 25.3 Å². The molecule has 0 radical (unpaired) electrons. The number of nitrogens with two attached hydrogens (primary N) is 1. The van der Waals surface area contributed by atoms with E-state index in [1.165, 1.54) is 24.7 Å². The van der Waals surface area contributed by atoms with E-state index in [1.807, 2.05) is 0 Å². The summed E-state index contributed by atoms with van der Waals surface area (Å²) in [6.07, 6.45) is 2.78. The summed E-state index contributed by atoms with van der Waals surface area (Å²) in [7, 11) is 0. The molecular weight excluding hydrogens is 494 g/mol. The number of ether oxygens (including phenoxy) is 2. The lowest BCUT2D eigenvalue weighted by atomic mass is 10.2. The molecule has 0 spiro atoms. The first-order chi connectivity index (χ1) is 17.5. The zero-order valence-corrected chi connectivity index (χ0v) is 20.0. The lowest BCUT2D eigenvalue weighted by molar-refractivity contribution is 0.0214. The molecule has 4 rings (SSSR count). The van der Waals surface area contributed by atoms with Crippen LogP contribution >= 0.6 is 11.6 Å². The standard InChI is InChI=1S/C24H25ClF2N6O3/c25-21-12-19(1-2-22(21)35-14-16-9-17(26)11-18(27)10-16)32-24-20(23(28)29-15-30-24)13-31-36-8-5-33-3-6-34-7-4-33/h1-2,9-13,15H,3-8,14H2,(H3,28,29,30,32)/b31-13+. The normalized spacial score (nSPS) is 14.2. The topological polar surface area (TPSA) is 107 Å². The van der Waals surface area contributed by atoms with Gasteiger partial charge in [-0.1, -0.05) is 16.8 Å². The van der Waals surface area contributed by atoms with Crippen molar-refractivity contribution in [2.45, 2.75) is 6.61 Å². The molecule has 0 unspecified atom stereocenters. The molecule has 0 atom stereocenters. The predicted molar refractivity (Wildman–Crippen MR) is 133 cm³/mol. The summed E-state index contributed by atoms with van der Waals surface area (Å²) < 4.78 is 37.7. The average Bonchev–Trinajstić information content (AvgIpc) is 2.85. The van der Waals surface area contributed by atoms with Gasteiger partial charge in [0.25, 0.3) is 0 Å². The van der Waals surface area contributed by atoms with Gasteiger partial charge in [0.15, 0.2) is 0 Å². The summed E-state index contributed by atoms with van der Waals surface area (Å²) in [5.74, 6) is -0.371. The highest BCUT2D eigenvalue weighted by molar-refractivity contribution is 6.32. The van der Waals surface area contributed by atoms with Gasteiger partial charge in [0, 0.05) is 31.4 Å². The van der Waals surface area contributed by atoms with Crippen LogP contribution in [0.3, 0.4) is 0 Å². The third-order valence-electron chi connectivity index (χ3n) is 5.28. The smallest absolute Gasteiger partial charge is 0.144 e. The van der Waals surface area contributed by atoms with E-state index in [-0.39, 0.29) is 12.4 Å². The minimum atomic E-state index is -0.676. The molecule has 0 bridgehead atoms. The van der Waals surface area contributed by atoms with E-state index in [9.17, 15) is 8.78 Å². The maximum atomic E-state index is 13.4. The molecule has 9 nitrogen and oxygen atoms in total. The van der Waals surface area contributed by atoms with Gasteiger partial charge >= 0.3 is 0 Å². The molecule has 36 heavy (non-hydrogen) atoms. The molecule has 1 aromatic heterocycles. The Morgan fingerprint density at radius 1 is 1.14 bits per heavy atom. The SMILES string of the molecule is Nc1ncnc(Nc2ccc(OCc3cc(F)cc(F)c3)c(Cl)c2)c1/C=N/OCCN1CCOCC1. The van der Waals surface area contributed by atoms with Crippen molar-refractivity contribution >= 4 is 35.1 Å². The Balaban J connectivity index is 1.36. The molecule has 0 aliphatic carbocycles. The van der Waals surface area contributed by atoms with E-state index in [1.54, 1.807) is 18.2 Å². The molecule has 1 aliphatic heterocycles. The second-order valence-electron chi connectivity index (χ2n) is 7.88. The first-order valence-corrected chi connectivity index (χ1v) is 11.6. The Bertz CT molecular complexity index is 1190. The van der Waals surface area contributed by atoms with Gasteiger partial charge in [0.05, 0.1) is 30.0 Å². The van der Waals surface area contributed by atoms with Crippen LogP contribution in [0, 0.1) is 11.6 Å². The second-order valence-corrected chi connectivity index (χ2v) is 8.29. The fourth-order valence-electron chi connectivity index (χ4n) is 3.46. The van der Waals surface area contributed by atoms with E-state index in [4.69, 9.17) is 31.6 Å². The maximum absolute atomic E-state index is 13.4. The van der Waals surface area contributed by atoms with Gasteiger partial charge in [-0.15, -0.1) is 0 Å². The molecule has 3 N–H and O–H groups in total. The van der Waals surface area contributed by atoms with Crippen molar-refractivity contribution in [2.24, 2.45) is 5.16 Å². The van der Waals surface area contributed by atoms with Crippen LogP contribution in [0.1, 0.15) is 11.1 Å². The summed E-state index contributed by atoms with van der Waals surface area (Å²) in [4.78, 5) is 15.9. The van der Waals surface area contributed by atoms with Gasteiger partial charge in [-0.05, 0) is 35.9 Å². The van der Waals surface area contributed by atoms with Crippen molar-refractivity contribution in [1.82, 2.24) is 14.9 Å². The van der Waals surface area contributed by atoms with Gasteiger partial charge in [-0.2, -0.15) is 0 Å². The van der Waals surface area contributed by atoms with E-state index >= 15 is 0 Å². The number of morpholine rings is 1. The largest absolute Gasteiger partial charge is 0.487 e. The van der Waals surface area contributed by atoms with Gasteiger partial charge < -0.3 is 25.4 Å². The molecule has 190 valence electrons. The number of halogens is 3. The third kappa shape index (κ3) is 7.23. The molecule has 1 fully saturated rings. The number of nitrogens with zero attached hydrogens (tertiary/aromatic N) is 4. The minimum absolute atomic E-state index is 0.0459. The van der Waals surface area contributed by atoms with Crippen LogP contribution in [0.5, 0.6) is 5.75 Å². The number of anilines is 3. The van der Waals surface area contributed by atoms with Crippen molar-refractivity contribution in [3.63, 3.8) is 0 Å². The zero-order valence-electron chi connectivity index (χ0n) is 19.3. The number of oxime groups is 1. The van der Waals surface area contributed by atoms with Crippen molar-refractivity contribution in [3.05, 3.63) is 70.5 Å². The molecule has 1 aliphatic rings. The number of rotatable bonds is 10. The Hall–Kier alpha value is -3.54. The van der Waals surface area contributed by atoms with E-state index in [0.717, 1.165) is 38.9 Å². The fourth-order valence-corrected chi connectivity index (χ4v) is 3.70. The molecule has 3 aromatic rings. The van der Waals surface area contributed by atoms with Crippen LogP contribution in [0.2, 0.25) is 5.02 Å². The summed E-state index contributed by atoms with van der Waals surface area (Å²) in [5, 5.41) is 7.42. The third-order valence-corrected chi connectivity index (χ3v) is 5.58. The lowest BCUT2D eigenvalue weighted by Crippen LogP contribution is -2.38. The zero-order chi connectivity index (χ0) is 25.3. The number of benzene rings is 2. The molecule has 1 saturated heterocycles. The predicted octanol–water partition coefficient (Wildman–Crippen LogP) is 4.00. The molecular formula is C24H25ClF2N6O3. The monoisotopic (exact) mass is 518 g/mol.